The Morgan fingerprint density at radius 2 is 2.15 bits per heavy atom. The highest BCUT2D eigenvalue weighted by molar-refractivity contribution is 5.76. The normalized spacial score (nSPS) is 20.0. The van der Waals surface area contributed by atoms with Gasteiger partial charge in [-0.05, 0) is 37.8 Å². The summed E-state index contributed by atoms with van der Waals surface area (Å²) in [6.45, 7) is 1.27. The summed E-state index contributed by atoms with van der Waals surface area (Å²) in [5.41, 5.74) is 3.03. The fraction of sp³-hybridized carbons (Fsp3) is 0.421. The van der Waals surface area contributed by atoms with Crippen LogP contribution in [-0.2, 0) is 6.54 Å². The maximum Gasteiger partial charge on any atom is 0.318 e. The van der Waals surface area contributed by atoms with Gasteiger partial charge in [0.15, 0.2) is 0 Å². The first-order valence-corrected chi connectivity index (χ1v) is 9.29. The summed E-state index contributed by atoms with van der Waals surface area (Å²) in [6, 6.07) is 8.53. The van der Waals surface area contributed by atoms with Gasteiger partial charge in [-0.3, -0.25) is 0 Å². The molecule has 7 heteroatoms. The zero-order valence-corrected chi connectivity index (χ0v) is 14.6. The van der Waals surface area contributed by atoms with Gasteiger partial charge in [0, 0.05) is 18.8 Å². The largest absolute Gasteiger partial charge is 0.340 e. The van der Waals surface area contributed by atoms with E-state index in [4.69, 9.17) is 4.98 Å². The average molecular weight is 350 g/mol. The number of benzene rings is 1. The number of nitrogens with zero attached hydrogens (tertiary/aromatic N) is 4. The van der Waals surface area contributed by atoms with Crippen molar-refractivity contribution in [3.63, 3.8) is 0 Å². The minimum absolute atomic E-state index is 0.00995. The van der Waals surface area contributed by atoms with Crippen molar-refractivity contribution in [3.05, 3.63) is 48.3 Å². The lowest BCUT2D eigenvalue weighted by Gasteiger charge is -2.23. The quantitative estimate of drug-likeness (QED) is 0.759. The van der Waals surface area contributed by atoms with Gasteiger partial charge in [-0.1, -0.05) is 12.1 Å². The third kappa shape index (κ3) is 2.73. The molecule has 3 heterocycles. The monoisotopic (exact) mass is 350 g/mol. The number of carbonyl (C=O) groups excluding carboxylic acids is 1. The van der Waals surface area contributed by atoms with Crippen molar-refractivity contribution >= 4 is 17.1 Å². The van der Waals surface area contributed by atoms with E-state index >= 15 is 0 Å². The fourth-order valence-corrected chi connectivity index (χ4v) is 3.84. The van der Waals surface area contributed by atoms with Crippen LogP contribution in [0, 0.1) is 0 Å². The molecule has 1 aliphatic heterocycles. The van der Waals surface area contributed by atoms with Crippen molar-refractivity contribution in [1.82, 2.24) is 29.7 Å². The summed E-state index contributed by atoms with van der Waals surface area (Å²) >= 11 is 0. The van der Waals surface area contributed by atoms with E-state index in [9.17, 15) is 4.79 Å². The van der Waals surface area contributed by atoms with Crippen LogP contribution in [0.15, 0.2) is 36.8 Å². The number of hydrogen-bond acceptors (Lipinski definition) is 3. The third-order valence-corrected chi connectivity index (χ3v) is 5.34. The molecular formula is C19H22N6O. The Bertz CT molecular complexity index is 907. The van der Waals surface area contributed by atoms with Crippen LogP contribution >= 0.6 is 0 Å². The highest BCUT2D eigenvalue weighted by Crippen LogP contribution is 2.35. The van der Waals surface area contributed by atoms with Crippen LogP contribution in [0.2, 0.25) is 0 Å². The van der Waals surface area contributed by atoms with Gasteiger partial charge < -0.3 is 19.8 Å². The Morgan fingerprint density at radius 3 is 3.00 bits per heavy atom. The summed E-state index contributed by atoms with van der Waals surface area (Å²) in [4.78, 5) is 27.0. The molecule has 1 atom stereocenters. The average Bonchev–Trinajstić information content (AvgIpc) is 3.09. The second-order valence-corrected chi connectivity index (χ2v) is 7.17. The van der Waals surface area contributed by atoms with Crippen LogP contribution in [0.3, 0.4) is 0 Å². The fourth-order valence-electron chi connectivity index (χ4n) is 3.84. The first-order chi connectivity index (χ1) is 12.8. The number of amides is 2. The lowest BCUT2D eigenvalue weighted by molar-refractivity contribution is 0.190. The second-order valence-electron chi connectivity index (χ2n) is 7.17. The van der Waals surface area contributed by atoms with Crippen LogP contribution in [0.4, 0.5) is 4.79 Å². The Kier molecular flexibility index (Phi) is 3.65. The first-order valence-electron chi connectivity index (χ1n) is 9.29. The minimum Gasteiger partial charge on any atom is -0.340 e. The van der Waals surface area contributed by atoms with Crippen molar-refractivity contribution in [2.75, 3.05) is 6.54 Å². The number of hydrogen-bond donors (Lipinski definition) is 2. The minimum atomic E-state index is -0.0310. The summed E-state index contributed by atoms with van der Waals surface area (Å²) in [5.74, 6) is 0.877. The molecule has 1 saturated carbocycles. The highest BCUT2D eigenvalue weighted by Gasteiger charge is 2.32. The molecule has 2 fully saturated rings. The molecule has 134 valence electrons. The number of nitrogens with one attached hydrogen (secondary N) is 2. The molecule has 1 aliphatic carbocycles. The molecule has 7 nitrogen and oxygen atoms in total. The predicted octanol–water partition coefficient (Wildman–Crippen LogP) is 3.14. The number of aromatic amines is 1. The second kappa shape index (κ2) is 6.16. The number of carbonyl (C=O) groups is 1. The zero-order valence-electron chi connectivity index (χ0n) is 14.6. The Morgan fingerprint density at radius 1 is 1.27 bits per heavy atom. The molecule has 0 unspecified atom stereocenters. The van der Waals surface area contributed by atoms with E-state index in [1.54, 1.807) is 0 Å². The van der Waals surface area contributed by atoms with E-state index in [1.165, 1.54) is 12.8 Å². The first kappa shape index (κ1) is 15.4. The Balaban J connectivity index is 1.30. The molecule has 2 aliphatic rings. The van der Waals surface area contributed by atoms with Gasteiger partial charge in [0.25, 0.3) is 0 Å². The predicted molar refractivity (Wildman–Crippen MR) is 97.5 cm³/mol. The molecule has 0 bridgehead atoms. The summed E-state index contributed by atoms with van der Waals surface area (Å²) in [7, 11) is 0. The van der Waals surface area contributed by atoms with Gasteiger partial charge in [-0.25, -0.2) is 14.8 Å². The molecule has 2 amide bonds. The van der Waals surface area contributed by atoms with Crippen molar-refractivity contribution in [2.45, 2.75) is 44.3 Å². The van der Waals surface area contributed by atoms with E-state index in [2.05, 4.69) is 19.9 Å². The van der Waals surface area contributed by atoms with Crippen LogP contribution in [0.25, 0.3) is 11.0 Å². The van der Waals surface area contributed by atoms with Gasteiger partial charge in [-0.15, -0.1) is 0 Å². The van der Waals surface area contributed by atoms with Gasteiger partial charge in [0.05, 0.1) is 35.6 Å². The van der Waals surface area contributed by atoms with Gasteiger partial charge >= 0.3 is 6.03 Å². The third-order valence-electron chi connectivity index (χ3n) is 5.34. The van der Waals surface area contributed by atoms with Crippen LogP contribution in [-0.4, -0.2) is 37.0 Å². The molecule has 5 rings (SSSR count). The number of imidazole rings is 2. The standard InChI is InChI=1S/C19H22N6O/c26-19(21-11-14-10-20-12-25(14)13-7-8-13)24-9-3-6-17(24)18-22-15-4-1-2-5-16(15)23-18/h1-2,4-5,10,12-13,17H,3,6-9,11H2,(H,21,26)(H,22,23)/t17-/m0/s1. The zero-order chi connectivity index (χ0) is 17.5. The molecule has 1 saturated heterocycles. The SMILES string of the molecule is O=C(NCc1cncn1C1CC1)N1CCC[C@H]1c1nc2ccccc2[nH]1. The summed E-state index contributed by atoms with van der Waals surface area (Å²) in [5, 5.41) is 3.07. The summed E-state index contributed by atoms with van der Waals surface area (Å²) < 4.78 is 2.18. The van der Waals surface area contributed by atoms with E-state index in [1.807, 2.05) is 41.7 Å². The Hall–Kier alpha value is -2.83. The van der Waals surface area contributed by atoms with E-state index in [0.717, 1.165) is 41.9 Å². The topological polar surface area (TPSA) is 78.8 Å². The van der Waals surface area contributed by atoms with Gasteiger partial charge in [-0.2, -0.15) is 0 Å². The smallest absolute Gasteiger partial charge is 0.318 e. The van der Waals surface area contributed by atoms with Crippen LogP contribution in [0.5, 0.6) is 0 Å². The van der Waals surface area contributed by atoms with Gasteiger partial charge in [0.1, 0.15) is 5.82 Å². The Labute approximate surface area is 151 Å². The van der Waals surface area contributed by atoms with Crippen molar-refractivity contribution in [1.29, 1.82) is 0 Å². The number of urea groups is 1. The maximum atomic E-state index is 12.8. The van der Waals surface area contributed by atoms with E-state index < -0.39 is 0 Å². The molecule has 3 aromatic rings. The van der Waals surface area contributed by atoms with Crippen molar-refractivity contribution < 1.29 is 4.79 Å². The molecule has 2 N–H and O–H groups in total. The van der Waals surface area contributed by atoms with Crippen LogP contribution < -0.4 is 5.32 Å². The van der Waals surface area contributed by atoms with E-state index in [0.29, 0.717) is 12.6 Å². The van der Waals surface area contributed by atoms with Crippen LogP contribution in [0.1, 0.15) is 49.3 Å². The van der Waals surface area contributed by atoms with Crippen molar-refractivity contribution in [3.8, 4) is 0 Å². The molecule has 1 aromatic carbocycles. The maximum absolute atomic E-state index is 12.8. The highest BCUT2D eigenvalue weighted by atomic mass is 16.2. The number of rotatable bonds is 4. The molecular weight excluding hydrogens is 328 g/mol. The number of H-pyrrole nitrogens is 1. The van der Waals surface area contributed by atoms with Crippen molar-refractivity contribution in [2.24, 2.45) is 0 Å². The lowest BCUT2D eigenvalue weighted by atomic mass is 10.2. The molecule has 26 heavy (non-hydrogen) atoms. The molecule has 2 aromatic heterocycles. The van der Waals surface area contributed by atoms with E-state index in [-0.39, 0.29) is 12.1 Å². The number of aromatic nitrogens is 4. The number of para-hydroxylation sites is 2. The number of likely N-dealkylation sites (tertiary alicyclic amines) is 1. The molecule has 0 radical (unpaired) electrons. The lowest BCUT2D eigenvalue weighted by Crippen LogP contribution is -2.39. The number of fused-ring (bicyclic) bond motifs is 1. The molecule has 0 spiro atoms. The van der Waals surface area contributed by atoms with Gasteiger partial charge in [0.2, 0.25) is 0 Å². The summed E-state index contributed by atoms with van der Waals surface area (Å²) in [6.07, 6.45) is 8.06.